The van der Waals surface area contributed by atoms with Gasteiger partial charge in [0.05, 0.1) is 4.90 Å². The van der Waals surface area contributed by atoms with E-state index < -0.39 is 21.5 Å². The summed E-state index contributed by atoms with van der Waals surface area (Å²) < 4.78 is 24.1. The lowest BCUT2D eigenvalue weighted by Crippen LogP contribution is -2.22. The summed E-state index contributed by atoms with van der Waals surface area (Å²) in [4.78, 5) is 11.9. The highest BCUT2D eigenvalue weighted by Gasteiger charge is 2.18. The van der Waals surface area contributed by atoms with Crippen molar-refractivity contribution in [1.82, 2.24) is 0 Å². The minimum atomic E-state index is -3.60. The Labute approximate surface area is 118 Å². The van der Waals surface area contributed by atoms with Crippen molar-refractivity contribution in [1.29, 1.82) is 0 Å². The summed E-state index contributed by atoms with van der Waals surface area (Å²) in [5.74, 6) is -1.11. The fraction of sp³-hybridized carbons (Fsp3) is 0.133. The maximum absolute atomic E-state index is 12.0. The molecule has 20 heavy (non-hydrogen) atoms. The first-order valence-electron chi connectivity index (χ1n) is 6.12. The van der Waals surface area contributed by atoms with Gasteiger partial charge in [-0.1, -0.05) is 35.9 Å². The lowest BCUT2D eigenvalue weighted by molar-refractivity contribution is -0.113. The smallest absolute Gasteiger partial charge is 0.239 e. The van der Waals surface area contributed by atoms with Gasteiger partial charge < -0.3 is 5.32 Å². The van der Waals surface area contributed by atoms with E-state index >= 15 is 0 Å². The van der Waals surface area contributed by atoms with E-state index in [1.807, 2.05) is 19.1 Å². The Morgan fingerprint density at radius 3 is 2.20 bits per heavy atom. The third kappa shape index (κ3) is 3.68. The standard InChI is InChI=1S/C15H15NO3S/c1-12-7-9-13(10-8-12)16-15(17)11-20(18,19)14-5-3-2-4-6-14/h2-10H,11H2,1H3,(H,16,17). The Morgan fingerprint density at radius 1 is 1.00 bits per heavy atom. The second-order valence-electron chi connectivity index (χ2n) is 4.49. The molecule has 0 aliphatic rings. The van der Waals surface area contributed by atoms with E-state index in [0.29, 0.717) is 5.69 Å². The molecule has 1 amide bonds. The largest absolute Gasteiger partial charge is 0.325 e. The maximum Gasteiger partial charge on any atom is 0.239 e. The van der Waals surface area contributed by atoms with E-state index in [4.69, 9.17) is 0 Å². The van der Waals surface area contributed by atoms with Crippen LogP contribution < -0.4 is 5.32 Å². The molecule has 0 saturated carbocycles. The molecule has 0 saturated heterocycles. The Hall–Kier alpha value is -2.14. The lowest BCUT2D eigenvalue weighted by atomic mass is 10.2. The van der Waals surface area contributed by atoms with Gasteiger partial charge in [0.2, 0.25) is 5.91 Å². The van der Waals surface area contributed by atoms with Crippen LogP contribution in [-0.4, -0.2) is 20.1 Å². The van der Waals surface area contributed by atoms with E-state index in [2.05, 4.69) is 5.32 Å². The van der Waals surface area contributed by atoms with Crippen molar-refractivity contribution in [2.75, 3.05) is 11.1 Å². The summed E-state index contributed by atoms with van der Waals surface area (Å²) in [6.45, 7) is 1.94. The summed E-state index contributed by atoms with van der Waals surface area (Å²) >= 11 is 0. The second-order valence-corrected chi connectivity index (χ2v) is 6.48. The van der Waals surface area contributed by atoms with Crippen LogP contribution in [0.2, 0.25) is 0 Å². The van der Waals surface area contributed by atoms with Crippen LogP contribution in [0.3, 0.4) is 0 Å². The first-order chi connectivity index (χ1) is 9.47. The maximum atomic E-state index is 12.0. The van der Waals surface area contributed by atoms with Crippen LogP contribution in [0.15, 0.2) is 59.5 Å². The average molecular weight is 289 g/mol. The van der Waals surface area contributed by atoms with E-state index in [0.717, 1.165) is 5.56 Å². The molecule has 1 N–H and O–H groups in total. The van der Waals surface area contributed by atoms with Crippen LogP contribution in [0.5, 0.6) is 0 Å². The number of hydrogen-bond acceptors (Lipinski definition) is 3. The molecule has 0 bridgehead atoms. The molecule has 2 aromatic rings. The predicted octanol–water partition coefficient (Wildman–Crippen LogP) is 2.41. The van der Waals surface area contributed by atoms with Gasteiger partial charge in [0.25, 0.3) is 0 Å². The number of benzene rings is 2. The van der Waals surface area contributed by atoms with Crippen molar-refractivity contribution in [3.05, 3.63) is 60.2 Å². The quantitative estimate of drug-likeness (QED) is 0.940. The predicted molar refractivity (Wildman–Crippen MR) is 78.3 cm³/mol. The number of nitrogens with one attached hydrogen (secondary N) is 1. The molecule has 2 aromatic carbocycles. The molecule has 2 rings (SSSR count). The van der Waals surface area contributed by atoms with Gasteiger partial charge in [0.15, 0.2) is 9.84 Å². The third-order valence-electron chi connectivity index (χ3n) is 2.76. The SMILES string of the molecule is Cc1ccc(NC(=O)CS(=O)(=O)c2ccccc2)cc1. The molecule has 0 aliphatic carbocycles. The van der Waals surface area contributed by atoms with Crippen LogP contribution in [0.1, 0.15) is 5.56 Å². The number of carbonyl (C=O) groups is 1. The highest BCUT2D eigenvalue weighted by molar-refractivity contribution is 7.92. The van der Waals surface area contributed by atoms with Crippen molar-refractivity contribution in [3.8, 4) is 0 Å². The van der Waals surface area contributed by atoms with E-state index in [1.54, 1.807) is 30.3 Å². The Morgan fingerprint density at radius 2 is 1.60 bits per heavy atom. The number of sulfone groups is 1. The second kappa shape index (κ2) is 5.88. The monoisotopic (exact) mass is 289 g/mol. The Balaban J connectivity index is 2.06. The molecule has 0 heterocycles. The average Bonchev–Trinajstić information content (AvgIpc) is 2.42. The molecule has 0 atom stereocenters. The number of aryl methyl sites for hydroxylation is 1. The van der Waals surface area contributed by atoms with Crippen molar-refractivity contribution < 1.29 is 13.2 Å². The topological polar surface area (TPSA) is 63.2 Å². The minimum Gasteiger partial charge on any atom is -0.325 e. The fourth-order valence-corrected chi connectivity index (χ4v) is 2.87. The lowest BCUT2D eigenvalue weighted by Gasteiger charge is -2.06. The number of amides is 1. The van der Waals surface area contributed by atoms with Crippen LogP contribution in [0.4, 0.5) is 5.69 Å². The number of carbonyl (C=O) groups excluding carboxylic acids is 1. The van der Waals surface area contributed by atoms with Crippen molar-refractivity contribution in [2.45, 2.75) is 11.8 Å². The molecule has 0 aliphatic heterocycles. The highest BCUT2D eigenvalue weighted by atomic mass is 32.2. The van der Waals surface area contributed by atoms with Gasteiger partial charge in [-0.2, -0.15) is 0 Å². The van der Waals surface area contributed by atoms with Crippen molar-refractivity contribution in [3.63, 3.8) is 0 Å². The molecule has 104 valence electrons. The van der Waals surface area contributed by atoms with Crippen LogP contribution in [-0.2, 0) is 14.6 Å². The third-order valence-corrected chi connectivity index (χ3v) is 4.39. The zero-order valence-corrected chi connectivity index (χ0v) is 11.9. The number of rotatable bonds is 4. The van der Waals surface area contributed by atoms with Gasteiger partial charge in [-0.05, 0) is 31.2 Å². The minimum absolute atomic E-state index is 0.152. The highest BCUT2D eigenvalue weighted by Crippen LogP contribution is 2.12. The van der Waals surface area contributed by atoms with Crippen molar-refractivity contribution in [2.24, 2.45) is 0 Å². The zero-order valence-electron chi connectivity index (χ0n) is 11.0. The molecule has 0 aromatic heterocycles. The van der Waals surface area contributed by atoms with Gasteiger partial charge in [-0.3, -0.25) is 4.79 Å². The van der Waals surface area contributed by atoms with Gasteiger partial charge in [-0.25, -0.2) is 8.42 Å². The summed E-state index contributed by atoms with van der Waals surface area (Å²) in [5.41, 5.74) is 1.66. The van der Waals surface area contributed by atoms with E-state index in [-0.39, 0.29) is 4.90 Å². The van der Waals surface area contributed by atoms with Crippen LogP contribution in [0, 0.1) is 6.92 Å². The van der Waals surface area contributed by atoms with Crippen LogP contribution >= 0.6 is 0 Å². The van der Waals surface area contributed by atoms with Gasteiger partial charge in [0, 0.05) is 5.69 Å². The first-order valence-corrected chi connectivity index (χ1v) is 7.77. The Kier molecular flexibility index (Phi) is 4.20. The summed E-state index contributed by atoms with van der Waals surface area (Å²) in [7, 11) is -3.60. The molecule has 0 spiro atoms. The van der Waals surface area contributed by atoms with Gasteiger partial charge in [0.1, 0.15) is 5.75 Å². The van der Waals surface area contributed by atoms with E-state index in [1.165, 1.54) is 12.1 Å². The summed E-state index contributed by atoms with van der Waals surface area (Å²) in [6, 6.07) is 15.1. The number of hydrogen-bond donors (Lipinski definition) is 1. The van der Waals surface area contributed by atoms with Crippen LogP contribution in [0.25, 0.3) is 0 Å². The summed E-state index contributed by atoms with van der Waals surface area (Å²) in [6.07, 6.45) is 0. The molecular formula is C15H15NO3S. The molecule has 0 radical (unpaired) electrons. The first kappa shape index (κ1) is 14.3. The molecule has 0 unspecified atom stereocenters. The normalized spacial score (nSPS) is 11.1. The zero-order chi connectivity index (χ0) is 14.6. The fourth-order valence-electron chi connectivity index (χ4n) is 1.72. The summed E-state index contributed by atoms with van der Waals surface area (Å²) in [5, 5.41) is 2.58. The molecular weight excluding hydrogens is 274 g/mol. The number of anilines is 1. The van der Waals surface area contributed by atoms with Gasteiger partial charge in [-0.15, -0.1) is 0 Å². The van der Waals surface area contributed by atoms with Gasteiger partial charge >= 0.3 is 0 Å². The van der Waals surface area contributed by atoms with E-state index in [9.17, 15) is 13.2 Å². The molecule has 0 fully saturated rings. The Bertz CT molecular complexity index is 692. The van der Waals surface area contributed by atoms with Crippen molar-refractivity contribution >= 4 is 21.4 Å². The molecule has 5 heteroatoms. The molecule has 4 nitrogen and oxygen atoms in total.